The van der Waals surface area contributed by atoms with Crippen molar-refractivity contribution < 1.29 is 19.9 Å². The Morgan fingerprint density at radius 3 is 2.60 bits per heavy atom. The first-order chi connectivity index (χ1) is 6.93. The number of hydrogen-bond acceptors (Lipinski definition) is 5. The molecular formula is C8H8N2O5. The van der Waals surface area contributed by atoms with E-state index in [-0.39, 0.29) is 17.0 Å². The van der Waals surface area contributed by atoms with Crippen LogP contribution in [0, 0.1) is 10.1 Å². The normalized spacial score (nSPS) is 12.1. The fraction of sp³-hybridized carbons (Fsp3) is 0.125. The number of nitro groups is 1. The molecule has 0 aromatic heterocycles. The summed E-state index contributed by atoms with van der Waals surface area (Å²) >= 11 is 0. The van der Waals surface area contributed by atoms with Gasteiger partial charge in [0.2, 0.25) is 0 Å². The number of benzene rings is 1. The number of phenols is 1. The summed E-state index contributed by atoms with van der Waals surface area (Å²) < 4.78 is 0. The minimum atomic E-state index is -1.48. The predicted molar refractivity (Wildman–Crippen MR) is 49.3 cm³/mol. The van der Waals surface area contributed by atoms with Crippen LogP contribution in [-0.2, 0) is 4.79 Å². The Morgan fingerprint density at radius 2 is 2.13 bits per heavy atom. The highest BCUT2D eigenvalue weighted by Gasteiger charge is 2.20. The molecule has 0 fully saturated rings. The molecule has 80 valence electrons. The summed E-state index contributed by atoms with van der Waals surface area (Å²) in [7, 11) is 0. The summed E-state index contributed by atoms with van der Waals surface area (Å²) in [6.07, 6.45) is 0. The van der Waals surface area contributed by atoms with Gasteiger partial charge in [0.25, 0.3) is 5.69 Å². The molecule has 1 rings (SSSR count). The van der Waals surface area contributed by atoms with Crippen LogP contribution < -0.4 is 5.73 Å². The van der Waals surface area contributed by atoms with Crippen LogP contribution in [-0.4, -0.2) is 21.1 Å². The maximum atomic E-state index is 10.5. The van der Waals surface area contributed by atoms with Gasteiger partial charge in [-0.15, -0.1) is 0 Å². The van der Waals surface area contributed by atoms with Crippen LogP contribution in [0.1, 0.15) is 11.6 Å². The molecule has 1 aromatic carbocycles. The van der Waals surface area contributed by atoms with Crippen LogP contribution in [0.25, 0.3) is 0 Å². The number of hydrogen-bond donors (Lipinski definition) is 3. The van der Waals surface area contributed by atoms with E-state index in [1.807, 2.05) is 0 Å². The molecule has 7 nitrogen and oxygen atoms in total. The number of rotatable bonds is 3. The zero-order chi connectivity index (χ0) is 11.6. The largest absolute Gasteiger partial charge is 0.508 e. The van der Waals surface area contributed by atoms with Gasteiger partial charge in [-0.1, -0.05) is 0 Å². The summed E-state index contributed by atoms with van der Waals surface area (Å²) in [5.74, 6) is -1.75. The molecule has 0 heterocycles. The number of phenolic OH excluding ortho intramolecular Hbond substituents is 1. The lowest BCUT2D eigenvalue weighted by molar-refractivity contribution is -0.384. The smallest absolute Gasteiger partial charge is 0.325 e. The standard InChI is InChI=1S/C8H8N2O5/c9-7(8(12)13)5-3-4(10(14)15)1-2-6(5)11/h1-3,7,11H,9H2,(H,12,13)/t7-/m0/s1. The minimum absolute atomic E-state index is 0.184. The molecule has 15 heavy (non-hydrogen) atoms. The number of nitrogens with two attached hydrogens (primary N) is 1. The average molecular weight is 212 g/mol. The number of carbonyl (C=O) groups is 1. The van der Waals surface area contributed by atoms with E-state index in [1.54, 1.807) is 0 Å². The number of non-ortho nitro benzene ring substituents is 1. The van der Waals surface area contributed by atoms with Crippen LogP contribution in [0.3, 0.4) is 0 Å². The van der Waals surface area contributed by atoms with E-state index in [2.05, 4.69) is 0 Å². The fourth-order valence-corrected chi connectivity index (χ4v) is 1.04. The van der Waals surface area contributed by atoms with E-state index >= 15 is 0 Å². The topological polar surface area (TPSA) is 127 Å². The Hall–Kier alpha value is -2.15. The van der Waals surface area contributed by atoms with Crippen LogP contribution in [0.5, 0.6) is 5.75 Å². The van der Waals surface area contributed by atoms with Crippen molar-refractivity contribution >= 4 is 11.7 Å². The van der Waals surface area contributed by atoms with Gasteiger partial charge in [-0.25, -0.2) is 0 Å². The van der Waals surface area contributed by atoms with Crippen molar-refractivity contribution in [2.75, 3.05) is 0 Å². The molecule has 0 unspecified atom stereocenters. The van der Waals surface area contributed by atoms with Gasteiger partial charge in [-0.2, -0.15) is 0 Å². The molecule has 0 saturated heterocycles. The van der Waals surface area contributed by atoms with Crippen LogP contribution in [0.4, 0.5) is 5.69 Å². The van der Waals surface area contributed by atoms with Crippen molar-refractivity contribution in [3.05, 3.63) is 33.9 Å². The Labute approximate surface area is 83.9 Å². The lowest BCUT2D eigenvalue weighted by atomic mass is 10.1. The third-order valence-electron chi connectivity index (χ3n) is 1.82. The second-order valence-corrected chi connectivity index (χ2v) is 2.82. The molecule has 0 saturated carbocycles. The molecule has 0 radical (unpaired) electrons. The first-order valence-electron chi connectivity index (χ1n) is 3.89. The molecule has 1 atom stereocenters. The summed E-state index contributed by atoms with van der Waals surface area (Å²) in [4.78, 5) is 20.2. The van der Waals surface area contributed by atoms with Crippen molar-refractivity contribution in [3.63, 3.8) is 0 Å². The maximum absolute atomic E-state index is 10.5. The monoisotopic (exact) mass is 212 g/mol. The Bertz CT molecular complexity index is 417. The lowest BCUT2D eigenvalue weighted by Gasteiger charge is -2.08. The quantitative estimate of drug-likeness (QED) is 0.491. The van der Waals surface area contributed by atoms with E-state index in [9.17, 15) is 20.0 Å². The molecule has 0 aliphatic heterocycles. The SMILES string of the molecule is N[C@H](C(=O)O)c1cc([N+](=O)[O-])ccc1O. The molecule has 1 aromatic rings. The second kappa shape index (κ2) is 3.93. The second-order valence-electron chi connectivity index (χ2n) is 2.82. The number of carboxylic acids is 1. The first kappa shape index (κ1) is 10.9. The Kier molecular flexibility index (Phi) is 2.86. The zero-order valence-corrected chi connectivity index (χ0v) is 7.45. The first-order valence-corrected chi connectivity index (χ1v) is 3.89. The number of aromatic hydroxyl groups is 1. The third-order valence-corrected chi connectivity index (χ3v) is 1.82. The van der Waals surface area contributed by atoms with Crippen LogP contribution in [0.2, 0.25) is 0 Å². The van der Waals surface area contributed by atoms with Gasteiger partial charge in [0.15, 0.2) is 0 Å². The molecular weight excluding hydrogens is 204 g/mol. The maximum Gasteiger partial charge on any atom is 0.325 e. The predicted octanol–water partition coefficient (Wildman–Crippen LogP) is 0.385. The van der Waals surface area contributed by atoms with Crippen LogP contribution in [0.15, 0.2) is 18.2 Å². The lowest BCUT2D eigenvalue weighted by Crippen LogP contribution is -2.20. The van der Waals surface area contributed by atoms with Crippen molar-refractivity contribution in [2.45, 2.75) is 6.04 Å². The van der Waals surface area contributed by atoms with E-state index in [0.717, 1.165) is 18.2 Å². The van der Waals surface area contributed by atoms with Gasteiger partial charge in [0.05, 0.1) is 4.92 Å². The van der Waals surface area contributed by atoms with E-state index < -0.39 is 16.9 Å². The summed E-state index contributed by atoms with van der Waals surface area (Å²) in [5, 5.41) is 28.2. The molecule has 4 N–H and O–H groups in total. The molecule has 7 heteroatoms. The number of aliphatic carboxylic acids is 1. The third kappa shape index (κ3) is 2.20. The number of carboxylic acid groups (broad SMARTS) is 1. The van der Waals surface area contributed by atoms with Gasteiger partial charge >= 0.3 is 5.97 Å². The summed E-state index contributed by atoms with van der Waals surface area (Å²) in [5.41, 5.74) is 4.72. The van der Waals surface area contributed by atoms with Crippen molar-refractivity contribution in [1.29, 1.82) is 0 Å². The highest BCUT2D eigenvalue weighted by Crippen LogP contribution is 2.27. The van der Waals surface area contributed by atoms with Crippen molar-refractivity contribution in [2.24, 2.45) is 5.73 Å². The highest BCUT2D eigenvalue weighted by molar-refractivity contribution is 5.76. The minimum Gasteiger partial charge on any atom is -0.508 e. The van der Waals surface area contributed by atoms with Crippen molar-refractivity contribution in [3.8, 4) is 5.75 Å². The fourth-order valence-electron chi connectivity index (χ4n) is 1.04. The molecule has 0 amide bonds. The molecule has 0 bridgehead atoms. The van der Waals surface area contributed by atoms with Gasteiger partial charge in [-0.3, -0.25) is 14.9 Å². The van der Waals surface area contributed by atoms with E-state index in [4.69, 9.17) is 10.8 Å². The number of nitrogens with zero attached hydrogens (tertiary/aromatic N) is 1. The number of nitro benzene ring substituents is 1. The van der Waals surface area contributed by atoms with Gasteiger partial charge < -0.3 is 15.9 Å². The van der Waals surface area contributed by atoms with Gasteiger partial charge in [-0.05, 0) is 6.07 Å². The Morgan fingerprint density at radius 1 is 1.53 bits per heavy atom. The highest BCUT2D eigenvalue weighted by atomic mass is 16.6. The summed E-state index contributed by atoms with van der Waals surface area (Å²) in [6, 6.07) is 1.56. The van der Waals surface area contributed by atoms with Gasteiger partial charge in [0.1, 0.15) is 11.8 Å². The molecule has 0 aliphatic carbocycles. The molecule has 0 aliphatic rings. The summed E-state index contributed by atoms with van der Waals surface area (Å²) in [6.45, 7) is 0. The zero-order valence-electron chi connectivity index (χ0n) is 7.45. The van der Waals surface area contributed by atoms with Crippen LogP contribution >= 0.6 is 0 Å². The van der Waals surface area contributed by atoms with Gasteiger partial charge in [0, 0.05) is 17.7 Å². The van der Waals surface area contributed by atoms with E-state index in [1.165, 1.54) is 0 Å². The van der Waals surface area contributed by atoms with E-state index in [0.29, 0.717) is 0 Å². The van der Waals surface area contributed by atoms with Crippen molar-refractivity contribution in [1.82, 2.24) is 0 Å². The average Bonchev–Trinajstić information content (AvgIpc) is 2.16. The Balaban J connectivity index is 3.22. The molecule has 0 spiro atoms.